The zero-order valence-corrected chi connectivity index (χ0v) is 12.7. The average molecular weight is 359 g/mol. The third-order valence-corrected chi connectivity index (χ3v) is 3.90. The lowest BCUT2D eigenvalue weighted by atomic mass is 9.97. The Morgan fingerprint density at radius 1 is 1.57 bits per heavy atom. The lowest BCUT2D eigenvalue weighted by Crippen LogP contribution is -2.39. The van der Waals surface area contributed by atoms with Gasteiger partial charge >= 0.3 is 11.8 Å². The molecule has 0 unspecified atom stereocenters. The maximum atomic E-state index is 11.1. The first kappa shape index (κ1) is 15.5. The third-order valence-electron chi connectivity index (χ3n) is 3.47. The van der Waals surface area contributed by atoms with Gasteiger partial charge in [-0.15, -0.1) is 0 Å². The Labute approximate surface area is 129 Å². The molecule has 2 rings (SSSR count). The standard InChI is InChI=1S/C12H15BrN4O4/c13-9-5-10(17(20)21)11(14-7-9)16-3-1-8(2-4-16)6-15-12(18)19/h5,7-8,15H,1-4,6H2,(H,18,19). The molecule has 0 aromatic carbocycles. The number of amides is 1. The van der Waals surface area contributed by atoms with Crippen LogP contribution < -0.4 is 10.2 Å². The van der Waals surface area contributed by atoms with Gasteiger partial charge in [0.1, 0.15) is 0 Å². The minimum Gasteiger partial charge on any atom is -0.465 e. The van der Waals surface area contributed by atoms with Crippen LogP contribution >= 0.6 is 15.9 Å². The molecule has 1 aromatic heterocycles. The van der Waals surface area contributed by atoms with Crippen molar-refractivity contribution in [3.63, 3.8) is 0 Å². The fourth-order valence-electron chi connectivity index (χ4n) is 2.38. The second-order valence-corrected chi connectivity index (χ2v) is 5.79. The lowest BCUT2D eigenvalue weighted by Gasteiger charge is -2.32. The van der Waals surface area contributed by atoms with Crippen LogP contribution in [0.3, 0.4) is 0 Å². The topological polar surface area (TPSA) is 109 Å². The molecule has 2 heterocycles. The summed E-state index contributed by atoms with van der Waals surface area (Å²) in [6.45, 7) is 1.67. The van der Waals surface area contributed by atoms with Gasteiger partial charge < -0.3 is 15.3 Å². The van der Waals surface area contributed by atoms with Crippen LogP contribution in [0.15, 0.2) is 16.7 Å². The van der Waals surface area contributed by atoms with E-state index in [4.69, 9.17) is 5.11 Å². The van der Waals surface area contributed by atoms with Gasteiger partial charge in [0.05, 0.1) is 4.92 Å². The molecule has 21 heavy (non-hydrogen) atoms. The van der Waals surface area contributed by atoms with Gasteiger partial charge in [0, 0.05) is 36.4 Å². The molecule has 1 fully saturated rings. The van der Waals surface area contributed by atoms with E-state index in [1.165, 1.54) is 6.07 Å². The normalized spacial score (nSPS) is 15.8. The number of rotatable bonds is 4. The summed E-state index contributed by atoms with van der Waals surface area (Å²) in [5.41, 5.74) is -0.0218. The van der Waals surface area contributed by atoms with Gasteiger partial charge in [-0.25, -0.2) is 9.78 Å². The molecule has 8 nitrogen and oxygen atoms in total. The molecule has 114 valence electrons. The smallest absolute Gasteiger partial charge is 0.404 e. The highest BCUT2D eigenvalue weighted by molar-refractivity contribution is 9.10. The van der Waals surface area contributed by atoms with Gasteiger partial charge in [-0.05, 0) is 34.7 Å². The highest BCUT2D eigenvalue weighted by atomic mass is 79.9. The molecule has 9 heteroatoms. The van der Waals surface area contributed by atoms with E-state index >= 15 is 0 Å². The SMILES string of the molecule is O=C(O)NCC1CCN(c2ncc(Br)cc2[N+](=O)[O-])CC1. The predicted molar refractivity (Wildman–Crippen MR) is 79.6 cm³/mol. The van der Waals surface area contributed by atoms with E-state index in [-0.39, 0.29) is 11.6 Å². The largest absolute Gasteiger partial charge is 0.465 e. The highest BCUT2D eigenvalue weighted by Crippen LogP contribution is 2.31. The van der Waals surface area contributed by atoms with Crippen molar-refractivity contribution >= 4 is 33.5 Å². The Hall–Kier alpha value is -1.90. The Bertz CT molecular complexity index is 546. The lowest BCUT2D eigenvalue weighted by molar-refractivity contribution is -0.384. The number of hydrogen-bond donors (Lipinski definition) is 2. The van der Waals surface area contributed by atoms with Crippen molar-refractivity contribution in [3.8, 4) is 0 Å². The first-order valence-corrected chi connectivity index (χ1v) is 7.28. The number of nitrogens with zero attached hydrogens (tertiary/aromatic N) is 3. The summed E-state index contributed by atoms with van der Waals surface area (Å²) in [7, 11) is 0. The molecule has 1 aliphatic heterocycles. The highest BCUT2D eigenvalue weighted by Gasteiger charge is 2.26. The van der Waals surface area contributed by atoms with E-state index in [0.717, 1.165) is 12.8 Å². The van der Waals surface area contributed by atoms with Crippen molar-refractivity contribution in [1.29, 1.82) is 0 Å². The van der Waals surface area contributed by atoms with Crippen molar-refractivity contribution in [3.05, 3.63) is 26.9 Å². The molecule has 0 aliphatic carbocycles. The molecule has 2 N–H and O–H groups in total. The van der Waals surface area contributed by atoms with Crippen LogP contribution in [0, 0.1) is 16.0 Å². The molecule has 0 bridgehead atoms. The van der Waals surface area contributed by atoms with Crippen LogP contribution in [0.4, 0.5) is 16.3 Å². The molecular formula is C12H15BrN4O4. The van der Waals surface area contributed by atoms with E-state index in [1.807, 2.05) is 4.90 Å². The Morgan fingerprint density at radius 2 is 2.24 bits per heavy atom. The summed E-state index contributed by atoms with van der Waals surface area (Å²) < 4.78 is 0.568. The molecule has 0 saturated carbocycles. The number of nitrogens with one attached hydrogen (secondary N) is 1. The van der Waals surface area contributed by atoms with E-state index in [9.17, 15) is 14.9 Å². The minimum absolute atomic E-state index is 0.0218. The van der Waals surface area contributed by atoms with Crippen LogP contribution in [0.1, 0.15) is 12.8 Å². The zero-order chi connectivity index (χ0) is 15.4. The quantitative estimate of drug-likeness (QED) is 0.630. The Kier molecular flexibility index (Phi) is 4.94. The fraction of sp³-hybridized carbons (Fsp3) is 0.500. The van der Waals surface area contributed by atoms with Crippen molar-refractivity contribution in [2.24, 2.45) is 5.92 Å². The van der Waals surface area contributed by atoms with Crippen LogP contribution in [0.25, 0.3) is 0 Å². The van der Waals surface area contributed by atoms with Gasteiger partial charge in [-0.1, -0.05) is 0 Å². The van der Waals surface area contributed by atoms with Gasteiger partial charge in [0.25, 0.3) is 0 Å². The van der Waals surface area contributed by atoms with E-state index in [0.29, 0.717) is 29.9 Å². The number of nitro groups is 1. The number of halogens is 1. The molecule has 1 aliphatic rings. The van der Waals surface area contributed by atoms with Crippen LogP contribution in [0.5, 0.6) is 0 Å². The molecule has 0 spiro atoms. The average Bonchev–Trinajstić information content (AvgIpc) is 2.45. The Balaban J connectivity index is 2.02. The second-order valence-electron chi connectivity index (χ2n) is 4.87. The van der Waals surface area contributed by atoms with Crippen molar-refractivity contribution < 1.29 is 14.8 Å². The van der Waals surface area contributed by atoms with E-state index < -0.39 is 11.0 Å². The second kappa shape index (κ2) is 6.70. The van der Waals surface area contributed by atoms with Gasteiger partial charge in [0.15, 0.2) is 0 Å². The van der Waals surface area contributed by atoms with Gasteiger partial charge in [0.2, 0.25) is 5.82 Å². The van der Waals surface area contributed by atoms with Crippen molar-refractivity contribution in [1.82, 2.24) is 10.3 Å². The fourth-order valence-corrected chi connectivity index (χ4v) is 2.70. The molecule has 1 aromatic rings. The minimum atomic E-state index is -1.03. The van der Waals surface area contributed by atoms with E-state index in [2.05, 4.69) is 26.2 Å². The van der Waals surface area contributed by atoms with Crippen molar-refractivity contribution in [2.75, 3.05) is 24.5 Å². The van der Waals surface area contributed by atoms with Gasteiger partial charge in [-0.2, -0.15) is 0 Å². The molecular weight excluding hydrogens is 344 g/mol. The summed E-state index contributed by atoms with van der Waals surface area (Å²) >= 11 is 3.18. The number of aromatic nitrogens is 1. The Morgan fingerprint density at radius 3 is 2.81 bits per heavy atom. The summed E-state index contributed by atoms with van der Waals surface area (Å²) in [5.74, 6) is 0.625. The first-order valence-electron chi connectivity index (χ1n) is 6.49. The number of hydrogen-bond acceptors (Lipinski definition) is 5. The third kappa shape index (κ3) is 4.03. The molecule has 1 saturated heterocycles. The number of carboxylic acid groups (broad SMARTS) is 1. The van der Waals surface area contributed by atoms with Crippen LogP contribution in [-0.2, 0) is 0 Å². The maximum absolute atomic E-state index is 11.1. The monoisotopic (exact) mass is 358 g/mol. The summed E-state index contributed by atoms with van der Waals surface area (Å²) in [6, 6.07) is 1.44. The number of piperidine rings is 1. The van der Waals surface area contributed by atoms with Crippen LogP contribution in [0.2, 0.25) is 0 Å². The number of pyridine rings is 1. The summed E-state index contributed by atoms with van der Waals surface area (Å²) in [5, 5.41) is 22.1. The summed E-state index contributed by atoms with van der Waals surface area (Å²) in [6.07, 6.45) is 2.06. The first-order chi connectivity index (χ1) is 9.97. The van der Waals surface area contributed by atoms with Crippen molar-refractivity contribution in [2.45, 2.75) is 12.8 Å². The molecule has 1 amide bonds. The van der Waals surface area contributed by atoms with Gasteiger partial charge in [-0.3, -0.25) is 10.1 Å². The number of carbonyl (C=O) groups is 1. The summed E-state index contributed by atoms with van der Waals surface area (Å²) in [4.78, 5) is 27.2. The maximum Gasteiger partial charge on any atom is 0.404 e. The predicted octanol–water partition coefficient (Wildman–Crippen LogP) is 2.24. The van der Waals surface area contributed by atoms with Crippen LogP contribution in [-0.4, -0.2) is 40.7 Å². The number of anilines is 1. The molecule has 0 atom stereocenters. The zero-order valence-electron chi connectivity index (χ0n) is 11.2. The van der Waals surface area contributed by atoms with E-state index in [1.54, 1.807) is 6.20 Å². The molecule has 0 radical (unpaired) electrons.